The minimum atomic E-state index is -3.65. The van der Waals surface area contributed by atoms with Gasteiger partial charge in [-0.3, -0.25) is 4.72 Å². The molecule has 0 atom stereocenters. The molecule has 4 rings (SSSR count). The number of nitrogens with one attached hydrogen (secondary N) is 2. The Bertz CT molecular complexity index is 1670. The maximum atomic E-state index is 12.6. The second-order valence-electron chi connectivity index (χ2n) is 10.4. The van der Waals surface area contributed by atoms with Crippen LogP contribution in [0.2, 0.25) is 0 Å². The number of benzene rings is 3. The van der Waals surface area contributed by atoms with Gasteiger partial charge in [0, 0.05) is 29.9 Å². The van der Waals surface area contributed by atoms with Gasteiger partial charge in [0.2, 0.25) is 15.2 Å². The van der Waals surface area contributed by atoms with Gasteiger partial charge in [0.15, 0.2) is 0 Å². The monoisotopic (exact) mass is 624 g/mol. The van der Waals surface area contributed by atoms with Crippen molar-refractivity contribution in [3.05, 3.63) is 72.3 Å². The van der Waals surface area contributed by atoms with Crippen LogP contribution >= 0.6 is 11.3 Å². The summed E-state index contributed by atoms with van der Waals surface area (Å²) >= 11 is 1.41. The zero-order valence-electron chi connectivity index (χ0n) is 25.1. The number of sulfonamides is 1. The summed E-state index contributed by atoms with van der Waals surface area (Å²) in [6.07, 6.45) is 0. The Morgan fingerprint density at radius 2 is 1.72 bits per heavy atom. The van der Waals surface area contributed by atoms with E-state index in [2.05, 4.69) is 52.9 Å². The quantitative estimate of drug-likeness (QED) is 0.111. The number of rotatable bonds is 13. The van der Waals surface area contributed by atoms with Crippen LogP contribution in [0.3, 0.4) is 0 Å². The lowest BCUT2D eigenvalue weighted by atomic mass is 10.2. The lowest BCUT2D eigenvalue weighted by molar-refractivity contribution is -0.728. The van der Waals surface area contributed by atoms with Crippen molar-refractivity contribution >= 4 is 54.4 Å². The fourth-order valence-electron chi connectivity index (χ4n) is 4.45. The van der Waals surface area contributed by atoms with Gasteiger partial charge in [-0.2, -0.15) is 0 Å². The molecule has 228 valence electrons. The first-order valence-corrected chi connectivity index (χ1v) is 16.4. The van der Waals surface area contributed by atoms with Gasteiger partial charge in [-0.15, -0.1) is 4.68 Å². The van der Waals surface area contributed by atoms with Crippen molar-refractivity contribution in [2.24, 2.45) is 10.2 Å². The number of phenols is 1. The number of hydrogen-bond donors (Lipinski definition) is 3. The van der Waals surface area contributed by atoms with Crippen LogP contribution in [0.25, 0.3) is 0 Å². The summed E-state index contributed by atoms with van der Waals surface area (Å²) in [4.78, 5) is 2.22. The third kappa shape index (κ3) is 8.20. The summed E-state index contributed by atoms with van der Waals surface area (Å²) in [7, 11) is -2.14. The fraction of sp³-hybridized carbons (Fsp3) is 0.333. The van der Waals surface area contributed by atoms with Crippen LogP contribution in [-0.4, -0.2) is 43.6 Å². The molecule has 0 saturated heterocycles. The molecule has 0 saturated carbocycles. The first-order chi connectivity index (χ1) is 20.5. The van der Waals surface area contributed by atoms with Crippen molar-refractivity contribution in [1.29, 1.82) is 0 Å². The number of nitrogens with zero attached hydrogens (tertiary/aromatic N) is 5. The molecule has 4 aromatic rings. The maximum absolute atomic E-state index is 12.6. The van der Waals surface area contributed by atoms with Gasteiger partial charge < -0.3 is 20.1 Å². The molecule has 0 amide bonds. The Morgan fingerprint density at radius 1 is 1.00 bits per heavy atom. The SMILES string of the molecule is CCS(=O)(=O)Nc1cc(Nc2cccc(O)c2)c(OC)cc1N=Nc1sc(N(C(C)C)C(C)C)n[n+]1Cc1ccccc1. The fourth-order valence-corrected chi connectivity index (χ4v) is 6.22. The third-order valence-electron chi connectivity index (χ3n) is 6.45. The zero-order chi connectivity index (χ0) is 31.1. The third-order valence-corrected chi connectivity index (χ3v) is 8.69. The van der Waals surface area contributed by atoms with E-state index >= 15 is 0 Å². The molecule has 1 aromatic heterocycles. The molecule has 1 heterocycles. The second kappa shape index (κ2) is 13.8. The molecule has 0 aliphatic rings. The molecule has 0 unspecified atom stereocenters. The molecule has 3 N–H and O–H groups in total. The summed E-state index contributed by atoms with van der Waals surface area (Å²) in [6.45, 7) is 10.5. The number of aromatic nitrogens is 2. The average Bonchev–Trinajstić information content (AvgIpc) is 3.33. The van der Waals surface area contributed by atoms with Gasteiger partial charge in [0.25, 0.3) is 0 Å². The summed E-state index contributed by atoms with van der Waals surface area (Å²) in [5, 5.41) is 28.4. The van der Waals surface area contributed by atoms with E-state index in [1.54, 1.807) is 43.3 Å². The molecule has 0 aliphatic heterocycles. The van der Waals surface area contributed by atoms with Crippen LogP contribution in [-0.2, 0) is 16.6 Å². The minimum Gasteiger partial charge on any atom is -0.508 e. The Labute approximate surface area is 256 Å². The Morgan fingerprint density at radius 3 is 2.35 bits per heavy atom. The summed E-state index contributed by atoms with van der Waals surface area (Å²) in [5.74, 6) is 0.368. The van der Waals surface area contributed by atoms with Crippen molar-refractivity contribution < 1.29 is 22.9 Å². The number of anilines is 4. The Hall–Kier alpha value is -4.23. The highest BCUT2D eigenvalue weighted by atomic mass is 32.2. The van der Waals surface area contributed by atoms with Crippen LogP contribution in [0.1, 0.15) is 40.2 Å². The summed E-state index contributed by atoms with van der Waals surface area (Å²) in [6, 6.07) is 20.2. The maximum Gasteiger partial charge on any atom is 0.432 e. The molecule has 0 spiro atoms. The zero-order valence-corrected chi connectivity index (χ0v) is 26.8. The largest absolute Gasteiger partial charge is 0.508 e. The molecule has 0 radical (unpaired) electrons. The van der Waals surface area contributed by atoms with E-state index in [0.29, 0.717) is 28.8 Å². The van der Waals surface area contributed by atoms with Crippen molar-refractivity contribution in [2.75, 3.05) is 27.8 Å². The van der Waals surface area contributed by atoms with Crippen LogP contribution in [0.4, 0.5) is 33.0 Å². The van der Waals surface area contributed by atoms with Gasteiger partial charge in [0.1, 0.15) is 23.7 Å². The smallest absolute Gasteiger partial charge is 0.432 e. The molecule has 0 bridgehead atoms. The molecule has 3 aromatic carbocycles. The van der Waals surface area contributed by atoms with Crippen molar-refractivity contribution in [1.82, 2.24) is 5.10 Å². The van der Waals surface area contributed by atoms with Crippen LogP contribution < -0.4 is 24.4 Å². The van der Waals surface area contributed by atoms with E-state index in [1.165, 1.54) is 18.4 Å². The molecule has 0 fully saturated rings. The lowest BCUT2D eigenvalue weighted by Crippen LogP contribution is -2.40. The number of aromatic hydroxyl groups is 1. The number of hydrogen-bond acceptors (Lipinski definition) is 10. The first kappa shape index (κ1) is 31.7. The van der Waals surface area contributed by atoms with Gasteiger partial charge in [-0.25, -0.2) is 8.42 Å². The number of phenolic OH excluding ortho intramolecular Hbond substituents is 1. The highest BCUT2D eigenvalue weighted by Gasteiger charge is 2.27. The molecule has 0 aliphatic carbocycles. The van der Waals surface area contributed by atoms with Gasteiger partial charge in [-0.1, -0.05) is 41.5 Å². The average molecular weight is 625 g/mol. The highest BCUT2D eigenvalue weighted by Crippen LogP contribution is 2.40. The molecule has 13 heteroatoms. The number of ether oxygens (including phenoxy) is 1. The molecular weight excluding hydrogens is 587 g/mol. The van der Waals surface area contributed by atoms with Crippen molar-refractivity contribution in [2.45, 2.75) is 53.2 Å². The molecular formula is C30H38N7O4S2+. The van der Waals surface area contributed by atoms with E-state index in [1.807, 2.05) is 35.0 Å². The highest BCUT2D eigenvalue weighted by molar-refractivity contribution is 7.92. The Kier molecular flexibility index (Phi) is 10.2. The van der Waals surface area contributed by atoms with E-state index in [4.69, 9.17) is 9.84 Å². The first-order valence-electron chi connectivity index (χ1n) is 13.9. The van der Waals surface area contributed by atoms with Gasteiger partial charge >= 0.3 is 5.13 Å². The predicted octanol–water partition coefficient (Wildman–Crippen LogP) is 6.74. The second-order valence-corrected chi connectivity index (χ2v) is 13.3. The number of methoxy groups -OCH3 is 1. The standard InChI is InChI=1S/C30H37N7O4S2/c1-7-43(39,40)35-26-17-27(31-23-14-11-15-24(38)16-23)28(41-6)18-25(26)32-33-29-36(19-22-12-9-8-10-13-22)34-30(42-29)37(20(2)3)21(4)5/h8-18,20-21H,7,19H2,1-6H3,(H2,31,35,38)/p+1. The topological polar surface area (TPSA) is 132 Å². The van der Waals surface area contributed by atoms with Crippen LogP contribution in [0.15, 0.2) is 77.0 Å². The van der Waals surface area contributed by atoms with Crippen molar-refractivity contribution in [3.63, 3.8) is 0 Å². The van der Waals surface area contributed by atoms with E-state index < -0.39 is 10.0 Å². The molecule has 43 heavy (non-hydrogen) atoms. The van der Waals surface area contributed by atoms with E-state index in [9.17, 15) is 13.5 Å². The Balaban J connectivity index is 1.80. The minimum absolute atomic E-state index is 0.0857. The lowest BCUT2D eigenvalue weighted by Gasteiger charge is -2.29. The summed E-state index contributed by atoms with van der Waals surface area (Å²) < 4.78 is 35.3. The van der Waals surface area contributed by atoms with Crippen LogP contribution in [0, 0.1) is 0 Å². The van der Waals surface area contributed by atoms with E-state index in [0.717, 1.165) is 10.7 Å². The summed E-state index contributed by atoms with van der Waals surface area (Å²) in [5.41, 5.74) is 2.61. The number of azo groups is 1. The van der Waals surface area contributed by atoms with Crippen LogP contribution in [0.5, 0.6) is 11.5 Å². The van der Waals surface area contributed by atoms with Crippen molar-refractivity contribution in [3.8, 4) is 11.5 Å². The predicted molar refractivity (Wildman–Crippen MR) is 172 cm³/mol. The molecule has 11 nitrogen and oxygen atoms in total. The van der Waals surface area contributed by atoms with Gasteiger partial charge in [0.05, 0.1) is 29.4 Å². The van der Waals surface area contributed by atoms with Gasteiger partial charge in [-0.05, 0) is 74.8 Å². The normalized spacial score (nSPS) is 11.8. The van der Waals surface area contributed by atoms with E-state index in [-0.39, 0.29) is 35.0 Å².